The lowest BCUT2D eigenvalue weighted by Crippen LogP contribution is -2.12. The van der Waals surface area contributed by atoms with Gasteiger partial charge in [-0.3, -0.25) is 0 Å². The predicted octanol–water partition coefficient (Wildman–Crippen LogP) is 5.52. The first-order valence-electron chi connectivity index (χ1n) is 7.36. The molecule has 0 nitrogen and oxygen atoms in total. The fourth-order valence-corrected chi connectivity index (χ4v) is 5.09. The van der Waals surface area contributed by atoms with Crippen LogP contribution in [0.15, 0.2) is 81.0 Å². The highest BCUT2D eigenvalue weighted by molar-refractivity contribution is 8.04. The van der Waals surface area contributed by atoms with Crippen molar-refractivity contribution >= 4 is 10.9 Å². The molecule has 0 saturated carbocycles. The molecule has 1 heteroatoms. The molecule has 0 fully saturated rings. The van der Waals surface area contributed by atoms with Crippen molar-refractivity contribution in [2.24, 2.45) is 0 Å². The third-order valence-corrected chi connectivity index (χ3v) is 6.27. The van der Waals surface area contributed by atoms with Gasteiger partial charge in [0.05, 0.1) is 10.9 Å². The SMILES string of the molecule is CC1=CC=C([S+](C2=CC=CCC2)c2ccccc2)CC1. The van der Waals surface area contributed by atoms with Crippen LogP contribution in [0.2, 0.25) is 0 Å². The number of allylic oxidation sites excluding steroid dienone is 8. The van der Waals surface area contributed by atoms with E-state index in [-0.39, 0.29) is 10.9 Å². The average Bonchev–Trinajstić information content (AvgIpc) is 2.52. The highest BCUT2D eigenvalue weighted by Gasteiger charge is 2.33. The Morgan fingerprint density at radius 2 is 1.65 bits per heavy atom. The summed E-state index contributed by atoms with van der Waals surface area (Å²) in [6.07, 6.45) is 16.3. The molecule has 0 radical (unpaired) electrons. The van der Waals surface area contributed by atoms with E-state index >= 15 is 0 Å². The average molecular weight is 281 g/mol. The first kappa shape index (κ1) is 13.5. The van der Waals surface area contributed by atoms with Gasteiger partial charge >= 0.3 is 0 Å². The van der Waals surface area contributed by atoms with Gasteiger partial charge in [-0.05, 0) is 44.1 Å². The lowest BCUT2D eigenvalue weighted by Gasteiger charge is -2.17. The van der Waals surface area contributed by atoms with Crippen molar-refractivity contribution < 1.29 is 0 Å². The third kappa shape index (κ3) is 2.99. The Bertz CT molecular complexity index is 587. The highest BCUT2D eigenvalue weighted by atomic mass is 32.2. The largest absolute Gasteiger partial charge is 0.165 e. The van der Waals surface area contributed by atoms with E-state index in [0.29, 0.717) is 0 Å². The third-order valence-electron chi connectivity index (χ3n) is 3.80. The van der Waals surface area contributed by atoms with E-state index in [9.17, 15) is 0 Å². The maximum atomic E-state index is 2.37. The second-order valence-electron chi connectivity index (χ2n) is 5.37. The summed E-state index contributed by atoms with van der Waals surface area (Å²) in [7, 11) is 0.151. The van der Waals surface area contributed by atoms with Gasteiger partial charge in [0.1, 0.15) is 9.81 Å². The number of hydrogen-bond acceptors (Lipinski definition) is 0. The molecular formula is C19H21S+. The minimum Gasteiger partial charge on any atom is -0.0839 e. The van der Waals surface area contributed by atoms with Gasteiger partial charge < -0.3 is 0 Å². The standard InChI is InChI=1S/C19H21S/c1-16-12-14-19(15-13-16)20(17-8-4-2-5-9-17)18-10-6-3-7-11-18/h2-6,8-10,12,14H,7,11,13,15H2,1H3/q+1. The summed E-state index contributed by atoms with van der Waals surface area (Å²) in [5.74, 6) is 0. The number of benzene rings is 1. The molecule has 0 saturated heterocycles. The van der Waals surface area contributed by atoms with Gasteiger partial charge in [-0.2, -0.15) is 0 Å². The molecule has 3 rings (SSSR count). The maximum Gasteiger partial charge on any atom is 0.165 e. The minimum absolute atomic E-state index is 0.151. The summed E-state index contributed by atoms with van der Waals surface area (Å²) in [6, 6.07) is 11.0. The monoisotopic (exact) mass is 281 g/mol. The molecule has 102 valence electrons. The lowest BCUT2D eigenvalue weighted by atomic mass is 10.1. The van der Waals surface area contributed by atoms with E-state index in [2.05, 4.69) is 67.6 Å². The Morgan fingerprint density at radius 3 is 2.30 bits per heavy atom. The molecule has 0 amide bonds. The van der Waals surface area contributed by atoms with Crippen molar-refractivity contribution in [1.82, 2.24) is 0 Å². The van der Waals surface area contributed by atoms with Crippen LogP contribution in [0.4, 0.5) is 0 Å². The normalized spacial score (nSPS) is 19.9. The molecule has 0 heterocycles. The van der Waals surface area contributed by atoms with E-state index in [0.717, 1.165) is 0 Å². The fourth-order valence-electron chi connectivity index (χ4n) is 2.67. The molecule has 2 aliphatic rings. The second kappa shape index (κ2) is 6.32. The summed E-state index contributed by atoms with van der Waals surface area (Å²) < 4.78 is 0. The van der Waals surface area contributed by atoms with Gasteiger partial charge in [0.15, 0.2) is 4.90 Å². The summed E-state index contributed by atoms with van der Waals surface area (Å²) >= 11 is 0. The molecule has 0 bridgehead atoms. The van der Waals surface area contributed by atoms with Gasteiger partial charge in [-0.1, -0.05) is 42.0 Å². The quantitative estimate of drug-likeness (QED) is 0.640. The summed E-state index contributed by atoms with van der Waals surface area (Å²) in [5.41, 5.74) is 1.50. The van der Waals surface area contributed by atoms with Crippen molar-refractivity contribution in [3.63, 3.8) is 0 Å². The summed E-state index contributed by atoms with van der Waals surface area (Å²) in [6.45, 7) is 2.23. The molecule has 2 aliphatic carbocycles. The van der Waals surface area contributed by atoms with Crippen molar-refractivity contribution in [1.29, 1.82) is 0 Å². The Morgan fingerprint density at radius 1 is 0.850 bits per heavy atom. The van der Waals surface area contributed by atoms with E-state index in [4.69, 9.17) is 0 Å². The van der Waals surface area contributed by atoms with E-state index in [1.807, 2.05) is 0 Å². The van der Waals surface area contributed by atoms with E-state index in [1.165, 1.54) is 36.2 Å². The predicted molar refractivity (Wildman–Crippen MR) is 89.6 cm³/mol. The zero-order valence-electron chi connectivity index (χ0n) is 12.0. The molecule has 1 aromatic carbocycles. The Hall–Kier alpha value is -1.47. The summed E-state index contributed by atoms with van der Waals surface area (Å²) in [5, 5.41) is 0. The second-order valence-corrected chi connectivity index (χ2v) is 7.50. The van der Waals surface area contributed by atoms with Crippen LogP contribution in [0.1, 0.15) is 32.6 Å². The first-order chi connectivity index (χ1) is 9.84. The maximum absolute atomic E-state index is 2.37. The summed E-state index contributed by atoms with van der Waals surface area (Å²) in [4.78, 5) is 4.66. The molecule has 1 atom stereocenters. The molecule has 1 unspecified atom stereocenters. The first-order valence-corrected chi connectivity index (χ1v) is 8.58. The molecule has 1 aromatic rings. The van der Waals surface area contributed by atoms with E-state index < -0.39 is 0 Å². The fraction of sp³-hybridized carbons (Fsp3) is 0.263. The molecular weight excluding hydrogens is 260 g/mol. The van der Waals surface area contributed by atoms with Crippen molar-refractivity contribution in [2.45, 2.75) is 37.5 Å². The highest BCUT2D eigenvalue weighted by Crippen LogP contribution is 2.37. The van der Waals surface area contributed by atoms with Gasteiger partial charge in [0.2, 0.25) is 0 Å². The van der Waals surface area contributed by atoms with Gasteiger partial charge in [0, 0.05) is 12.8 Å². The molecule has 0 spiro atoms. The van der Waals surface area contributed by atoms with Crippen LogP contribution in [0.5, 0.6) is 0 Å². The lowest BCUT2D eigenvalue weighted by molar-refractivity contribution is 0.944. The van der Waals surface area contributed by atoms with Crippen LogP contribution in [-0.2, 0) is 10.9 Å². The molecule has 0 N–H and O–H groups in total. The van der Waals surface area contributed by atoms with Crippen LogP contribution >= 0.6 is 0 Å². The Balaban J connectivity index is 2.00. The number of rotatable bonds is 3. The van der Waals surface area contributed by atoms with Gasteiger partial charge in [-0.25, -0.2) is 0 Å². The van der Waals surface area contributed by atoms with Gasteiger partial charge in [-0.15, -0.1) is 0 Å². The Labute approximate surface area is 124 Å². The van der Waals surface area contributed by atoms with Crippen molar-refractivity contribution in [2.75, 3.05) is 0 Å². The molecule has 0 aliphatic heterocycles. The molecule has 0 aromatic heterocycles. The topological polar surface area (TPSA) is 0 Å². The van der Waals surface area contributed by atoms with Crippen molar-refractivity contribution in [3.05, 3.63) is 76.1 Å². The zero-order valence-corrected chi connectivity index (χ0v) is 12.8. The van der Waals surface area contributed by atoms with Crippen molar-refractivity contribution in [3.8, 4) is 0 Å². The van der Waals surface area contributed by atoms with Crippen LogP contribution < -0.4 is 0 Å². The smallest absolute Gasteiger partial charge is 0.0839 e. The van der Waals surface area contributed by atoms with Gasteiger partial charge in [0.25, 0.3) is 0 Å². The van der Waals surface area contributed by atoms with Crippen LogP contribution in [-0.4, -0.2) is 0 Å². The number of hydrogen-bond donors (Lipinski definition) is 0. The van der Waals surface area contributed by atoms with Crippen LogP contribution in [0.3, 0.4) is 0 Å². The van der Waals surface area contributed by atoms with Crippen LogP contribution in [0, 0.1) is 0 Å². The van der Waals surface area contributed by atoms with Crippen LogP contribution in [0.25, 0.3) is 0 Å². The van der Waals surface area contributed by atoms with E-state index in [1.54, 1.807) is 9.81 Å². The Kier molecular flexibility index (Phi) is 4.27. The zero-order chi connectivity index (χ0) is 13.8. The molecule has 20 heavy (non-hydrogen) atoms. The minimum atomic E-state index is 0.151.